The van der Waals surface area contributed by atoms with E-state index in [2.05, 4.69) is 9.97 Å². The van der Waals surface area contributed by atoms with Gasteiger partial charge in [-0.15, -0.1) is 0 Å². The number of ether oxygens (including phenoxy) is 2. The second-order valence-corrected chi connectivity index (χ2v) is 4.85. The molecule has 3 heterocycles. The average molecular weight is 280 g/mol. The predicted molar refractivity (Wildman–Crippen MR) is 76.8 cm³/mol. The first-order valence-corrected chi connectivity index (χ1v) is 6.67. The molecule has 0 fully saturated rings. The molecule has 0 aliphatic carbocycles. The summed E-state index contributed by atoms with van der Waals surface area (Å²) in [7, 11) is 0. The molecule has 3 aromatic rings. The maximum atomic E-state index is 12.6. The van der Waals surface area contributed by atoms with Gasteiger partial charge in [-0.05, 0) is 18.2 Å². The Hall–Kier alpha value is -2.82. The van der Waals surface area contributed by atoms with Crippen LogP contribution in [0, 0.1) is 0 Å². The summed E-state index contributed by atoms with van der Waals surface area (Å²) in [5.41, 5.74) is 1.46. The molecule has 5 heteroatoms. The van der Waals surface area contributed by atoms with Crippen molar-refractivity contribution in [2.75, 3.05) is 6.61 Å². The lowest BCUT2D eigenvalue weighted by atomic mass is 10.1. The van der Waals surface area contributed by atoms with Crippen molar-refractivity contribution in [1.29, 1.82) is 0 Å². The number of nitrogens with one attached hydrogen (secondary N) is 1. The monoisotopic (exact) mass is 280 g/mol. The lowest BCUT2D eigenvalue weighted by Gasteiger charge is -2.25. The molecule has 1 aliphatic rings. The summed E-state index contributed by atoms with van der Waals surface area (Å²) < 4.78 is 11.4. The number of hydrogen-bond donors (Lipinski definition) is 1. The molecule has 0 saturated carbocycles. The van der Waals surface area contributed by atoms with Crippen molar-refractivity contribution in [2.24, 2.45) is 0 Å². The number of carbonyl (C=O) groups is 1. The number of Topliss-reactive ketones (excluding diaryl/α,β-unsaturated/α-hetero) is 1. The van der Waals surface area contributed by atoms with Crippen molar-refractivity contribution < 1.29 is 14.3 Å². The van der Waals surface area contributed by atoms with Crippen LogP contribution in [0.15, 0.2) is 48.9 Å². The van der Waals surface area contributed by atoms with E-state index in [1.54, 1.807) is 24.7 Å². The number of nitrogens with zero attached hydrogens (tertiary/aromatic N) is 1. The highest BCUT2D eigenvalue weighted by molar-refractivity contribution is 6.10. The third-order valence-corrected chi connectivity index (χ3v) is 3.55. The van der Waals surface area contributed by atoms with Crippen LogP contribution in [0.5, 0.6) is 11.5 Å². The fraction of sp³-hybridized carbons (Fsp3) is 0.125. The van der Waals surface area contributed by atoms with Crippen LogP contribution in [0.25, 0.3) is 10.9 Å². The Bertz CT molecular complexity index is 825. The van der Waals surface area contributed by atoms with E-state index in [9.17, 15) is 4.79 Å². The molecule has 2 aromatic heterocycles. The Morgan fingerprint density at radius 3 is 3.00 bits per heavy atom. The number of hydrogen-bond acceptors (Lipinski definition) is 4. The van der Waals surface area contributed by atoms with Gasteiger partial charge < -0.3 is 14.5 Å². The molecule has 0 saturated heterocycles. The average Bonchev–Trinajstić information content (AvgIpc) is 2.98. The molecule has 5 nitrogen and oxygen atoms in total. The molecule has 104 valence electrons. The van der Waals surface area contributed by atoms with Crippen molar-refractivity contribution in [3.8, 4) is 11.5 Å². The highest BCUT2D eigenvalue weighted by atomic mass is 16.6. The molecule has 0 radical (unpaired) electrons. The zero-order valence-electron chi connectivity index (χ0n) is 11.1. The van der Waals surface area contributed by atoms with Gasteiger partial charge >= 0.3 is 0 Å². The lowest BCUT2D eigenvalue weighted by Crippen LogP contribution is -2.36. The molecule has 4 rings (SSSR count). The SMILES string of the molecule is O=C(c1c[nH]c2ccncc12)C1COc2ccccc2O1. The Balaban J connectivity index is 1.67. The maximum Gasteiger partial charge on any atom is 0.209 e. The fourth-order valence-corrected chi connectivity index (χ4v) is 2.49. The molecule has 1 unspecified atom stereocenters. The minimum absolute atomic E-state index is 0.108. The second kappa shape index (κ2) is 4.63. The molecule has 0 amide bonds. The van der Waals surface area contributed by atoms with E-state index >= 15 is 0 Å². The standard InChI is InChI=1S/C16H12N2O3/c19-16(11-8-18-12-5-6-17-7-10(11)12)15-9-20-13-3-1-2-4-14(13)21-15/h1-8,15,18H,9H2. The predicted octanol–water partition coefficient (Wildman–Crippen LogP) is 2.59. The van der Waals surface area contributed by atoms with Crippen LogP contribution in [0.3, 0.4) is 0 Å². The lowest BCUT2D eigenvalue weighted by molar-refractivity contribution is 0.0587. The number of benzene rings is 1. The number of para-hydroxylation sites is 2. The van der Waals surface area contributed by atoms with Crippen molar-refractivity contribution in [3.63, 3.8) is 0 Å². The summed E-state index contributed by atoms with van der Waals surface area (Å²) >= 11 is 0. The van der Waals surface area contributed by atoms with Crippen LogP contribution in [-0.2, 0) is 0 Å². The third kappa shape index (κ3) is 1.94. The fourth-order valence-electron chi connectivity index (χ4n) is 2.49. The first kappa shape index (κ1) is 12.0. The molecule has 1 aromatic carbocycles. The smallest absolute Gasteiger partial charge is 0.209 e. The van der Waals surface area contributed by atoms with Crippen LogP contribution < -0.4 is 9.47 Å². The van der Waals surface area contributed by atoms with Gasteiger partial charge in [0.1, 0.15) is 6.61 Å². The van der Waals surface area contributed by atoms with E-state index in [1.165, 1.54) is 0 Å². The Kier molecular flexibility index (Phi) is 2.64. The number of fused-ring (bicyclic) bond motifs is 2. The zero-order valence-corrected chi connectivity index (χ0v) is 11.1. The van der Waals surface area contributed by atoms with Crippen molar-refractivity contribution in [3.05, 3.63) is 54.5 Å². The molecule has 0 spiro atoms. The number of carbonyl (C=O) groups excluding carboxylic acids is 1. The summed E-state index contributed by atoms with van der Waals surface area (Å²) in [5.74, 6) is 1.16. The number of ketones is 1. The Morgan fingerprint density at radius 2 is 2.10 bits per heavy atom. The maximum absolute atomic E-state index is 12.6. The van der Waals surface area contributed by atoms with Crippen LogP contribution in [0.1, 0.15) is 10.4 Å². The van der Waals surface area contributed by atoms with Gasteiger partial charge in [0, 0.05) is 35.1 Å². The summed E-state index contributed by atoms with van der Waals surface area (Å²) in [6.07, 6.45) is 4.41. The van der Waals surface area contributed by atoms with E-state index < -0.39 is 6.10 Å². The van der Waals surface area contributed by atoms with E-state index in [1.807, 2.05) is 24.3 Å². The molecule has 21 heavy (non-hydrogen) atoms. The van der Waals surface area contributed by atoms with Gasteiger partial charge in [0.2, 0.25) is 5.78 Å². The van der Waals surface area contributed by atoms with Gasteiger partial charge in [0.05, 0.1) is 0 Å². The van der Waals surface area contributed by atoms with E-state index in [4.69, 9.17) is 9.47 Å². The van der Waals surface area contributed by atoms with Crippen molar-refractivity contribution >= 4 is 16.7 Å². The van der Waals surface area contributed by atoms with E-state index in [-0.39, 0.29) is 12.4 Å². The van der Waals surface area contributed by atoms with Gasteiger partial charge in [-0.25, -0.2) is 0 Å². The topological polar surface area (TPSA) is 64.2 Å². The number of rotatable bonds is 2. The molecule has 0 bridgehead atoms. The summed E-state index contributed by atoms with van der Waals surface area (Å²) in [5, 5.41) is 0.796. The summed E-state index contributed by atoms with van der Waals surface area (Å²) in [4.78, 5) is 19.8. The van der Waals surface area contributed by atoms with E-state index in [0.717, 1.165) is 10.9 Å². The minimum atomic E-state index is -0.640. The molecule has 1 N–H and O–H groups in total. The van der Waals surface area contributed by atoms with Gasteiger partial charge in [-0.1, -0.05) is 12.1 Å². The van der Waals surface area contributed by atoms with Crippen molar-refractivity contribution in [2.45, 2.75) is 6.10 Å². The third-order valence-electron chi connectivity index (χ3n) is 3.55. The van der Waals surface area contributed by atoms with Gasteiger partial charge in [-0.3, -0.25) is 9.78 Å². The Labute approximate surface area is 120 Å². The normalized spacial score (nSPS) is 16.9. The molecular formula is C16H12N2O3. The van der Waals surface area contributed by atoms with Crippen LogP contribution in [0.4, 0.5) is 0 Å². The molecule has 1 aliphatic heterocycles. The number of pyridine rings is 1. The van der Waals surface area contributed by atoms with Gasteiger partial charge in [0.15, 0.2) is 17.6 Å². The summed E-state index contributed by atoms with van der Waals surface area (Å²) in [6.45, 7) is 0.211. The van der Waals surface area contributed by atoms with Crippen molar-refractivity contribution in [1.82, 2.24) is 9.97 Å². The summed E-state index contributed by atoms with van der Waals surface area (Å²) in [6, 6.07) is 9.18. The Morgan fingerprint density at radius 1 is 1.24 bits per heavy atom. The zero-order chi connectivity index (χ0) is 14.2. The molecule has 1 atom stereocenters. The van der Waals surface area contributed by atoms with Gasteiger partial charge in [0.25, 0.3) is 0 Å². The minimum Gasteiger partial charge on any atom is -0.485 e. The van der Waals surface area contributed by atoms with E-state index in [0.29, 0.717) is 17.1 Å². The quantitative estimate of drug-likeness (QED) is 0.733. The second-order valence-electron chi connectivity index (χ2n) is 4.85. The highest BCUT2D eigenvalue weighted by Gasteiger charge is 2.29. The van der Waals surface area contributed by atoms with Crippen LogP contribution >= 0.6 is 0 Å². The number of H-pyrrole nitrogens is 1. The van der Waals surface area contributed by atoms with Crippen LogP contribution in [-0.4, -0.2) is 28.5 Å². The first-order valence-electron chi connectivity index (χ1n) is 6.67. The number of aromatic nitrogens is 2. The largest absolute Gasteiger partial charge is 0.485 e. The molecular weight excluding hydrogens is 268 g/mol. The van der Waals surface area contributed by atoms with Crippen LogP contribution in [0.2, 0.25) is 0 Å². The highest BCUT2D eigenvalue weighted by Crippen LogP contribution is 2.32. The van der Waals surface area contributed by atoms with Gasteiger partial charge in [-0.2, -0.15) is 0 Å². The number of aromatic amines is 1. The first-order chi connectivity index (χ1) is 10.3.